The van der Waals surface area contributed by atoms with E-state index in [-0.39, 0.29) is 19.7 Å². The highest BCUT2D eigenvalue weighted by Crippen LogP contribution is 2.18. The van der Waals surface area contributed by atoms with Gasteiger partial charge < -0.3 is 10.0 Å². The van der Waals surface area contributed by atoms with Gasteiger partial charge in [0.25, 0.3) is 11.5 Å². The maximum Gasteiger partial charge on any atom is 0.254 e. The lowest BCUT2D eigenvalue weighted by molar-refractivity contribution is -0.134. The molecule has 3 aromatic rings. The number of rotatable bonds is 8. The fourth-order valence-corrected chi connectivity index (χ4v) is 3.14. The van der Waals surface area contributed by atoms with Gasteiger partial charge in [-0.1, -0.05) is 66.7 Å². The molecule has 0 aliphatic rings. The van der Waals surface area contributed by atoms with Gasteiger partial charge in [-0.25, -0.2) is 0 Å². The van der Waals surface area contributed by atoms with Crippen LogP contribution >= 0.6 is 0 Å². The normalized spacial score (nSPS) is 11.6. The van der Waals surface area contributed by atoms with Crippen molar-refractivity contribution in [3.63, 3.8) is 0 Å². The number of ketones is 1. The number of Topliss-reactive ketones (excluding diaryl/α,β-unsaturated/α-hetero) is 1. The van der Waals surface area contributed by atoms with Crippen molar-refractivity contribution < 1.29 is 14.7 Å². The summed E-state index contributed by atoms with van der Waals surface area (Å²) in [5, 5.41) is 9.48. The average molecular weight is 390 g/mol. The number of aliphatic hydroxyl groups is 1. The molecule has 0 saturated heterocycles. The third-order valence-corrected chi connectivity index (χ3v) is 4.57. The van der Waals surface area contributed by atoms with Crippen molar-refractivity contribution in [1.82, 2.24) is 9.47 Å². The first-order chi connectivity index (χ1) is 14.1. The lowest BCUT2D eigenvalue weighted by Gasteiger charge is -2.27. The van der Waals surface area contributed by atoms with E-state index in [1.165, 1.54) is 17.2 Å². The second-order valence-corrected chi connectivity index (χ2v) is 6.55. The molecular weight excluding hydrogens is 368 g/mol. The van der Waals surface area contributed by atoms with E-state index in [0.717, 1.165) is 10.1 Å². The molecule has 1 N–H and O–H groups in total. The molecule has 3 rings (SSSR count). The summed E-state index contributed by atoms with van der Waals surface area (Å²) in [5.41, 5.74) is 0.754. The zero-order chi connectivity index (χ0) is 20.6. The van der Waals surface area contributed by atoms with E-state index in [1.54, 1.807) is 42.5 Å². The maximum atomic E-state index is 13.4. The van der Waals surface area contributed by atoms with Crippen LogP contribution in [0, 0.1) is 0 Å². The molecule has 0 bridgehead atoms. The highest BCUT2D eigenvalue weighted by atomic mass is 16.3. The van der Waals surface area contributed by atoms with Gasteiger partial charge in [-0.2, -0.15) is 0 Å². The number of nitrogens with zero attached hydrogens (tertiary/aromatic N) is 2. The number of aliphatic hydroxyl groups excluding tert-OH is 1. The third kappa shape index (κ3) is 4.86. The summed E-state index contributed by atoms with van der Waals surface area (Å²) in [6, 6.07) is 20.8. The van der Waals surface area contributed by atoms with E-state index in [4.69, 9.17) is 0 Å². The van der Waals surface area contributed by atoms with Crippen LogP contribution in [-0.4, -0.2) is 39.4 Å². The number of pyridine rings is 1. The summed E-state index contributed by atoms with van der Waals surface area (Å²) in [4.78, 5) is 40.5. The van der Waals surface area contributed by atoms with Crippen molar-refractivity contribution in [3.8, 4) is 0 Å². The van der Waals surface area contributed by atoms with Crippen LogP contribution in [0.15, 0.2) is 89.9 Å². The lowest BCUT2D eigenvalue weighted by Crippen LogP contribution is -2.44. The van der Waals surface area contributed by atoms with Gasteiger partial charge in [-0.05, 0) is 11.6 Å². The first kappa shape index (κ1) is 20.2. The van der Waals surface area contributed by atoms with Crippen LogP contribution < -0.4 is 5.56 Å². The number of aromatic nitrogens is 1. The molecule has 1 atom stereocenters. The molecule has 1 heterocycles. The summed E-state index contributed by atoms with van der Waals surface area (Å²) in [6.07, 6.45) is 1.44. The largest absolute Gasteiger partial charge is 0.395 e. The van der Waals surface area contributed by atoms with Crippen LogP contribution in [0.1, 0.15) is 22.0 Å². The topological polar surface area (TPSA) is 79.6 Å². The predicted molar refractivity (Wildman–Crippen MR) is 109 cm³/mol. The average Bonchev–Trinajstić information content (AvgIpc) is 2.76. The molecule has 0 unspecified atom stereocenters. The Morgan fingerprint density at radius 1 is 0.897 bits per heavy atom. The molecule has 0 spiro atoms. The Morgan fingerprint density at radius 3 is 2.14 bits per heavy atom. The van der Waals surface area contributed by atoms with Crippen molar-refractivity contribution >= 4 is 11.7 Å². The maximum absolute atomic E-state index is 13.4. The van der Waals surface area contributed by atoms with Crippen LogP contribution in [0.25, 0.3) is 0 Å². The first-order valence-electron chi connectivity index (χ1n) is 9.32. The Morgan fingerprint density at radius 2 is 1.52 bits per heavy atom. The van der Waals surface area contributed by atoms with Gasteiger partial charge in [0.2, 0.25) is 0 Å². The highest BCUT2D eigenvalue weighted by molar-refractivity contribution is 6.11. The fraction of sp³-hybridized carbons (Fsp3) is 0.174. The molecule has 6 nitrogen and oxygen atoms in total. The van der Waals surface area contributed by atoms with Crippen molar-refractivity contribution in [2.75, 3.05) is 13.2 Å². The summed E-state index contributed by atoms with van der Waals surface area (Å²) >= 11 is 0. The molecule has 0 fully saturated rings. The molecule has 1 aromatic heterocycles. The van der Waals surface area contributed by atoms with E-state index >= 15 is 0 Å². The molecule has 0 radical (unpaired) electrons. The zero-order valence-electron chi connectivity index (χ0n) is 15.8. The van der Waals surface area contributed by atoms with Crippen LogP contribution in [-0.2, 0) is 11.3 Å². The number of amides is 1. The van der Waals surface area contributed by atoms with Gasteiger partial charge in [0.1, 0.15) is 0 Å². The smallest absolute Gasteiger partial charge is 0.254 e. The zero-order valence-corrected chi connectivity index (χ0v) is 15.8. The monoisotopic (exact) mass is 390 g/mol. The lowest BCUT2D eigenvalue weighted by atomic mass is 10.0. The minimum absolute atomic E-state index is 0.0495. The molecule has 148 valence electrons. The Hall–Kier alpha value is -3.51. The molecule has 29 heavy (non-hydrogen) atoms. The fourth-order valence-electron chi connectivity index (χ4n) is 3.14. The van der Waals surface area contributed by atoms with Crippen molar-refractivity contribution in [1.29, 1.82) is 0 Å². The molecule has 0 aliphatic heterocycles. The molecule has 0 saturated carbocycles. The summed E-state index contributed by atoms with van der Waals surface area (Å²) in [7, 11) is 0. The van der Waals surface area contributed by atoms with Gasteiger partial charge >= 0.3 is 0 Å². The van der Waals surface area contributed by atoms with Gasteiger partial charge in [-0.3, -0.25) is 19.0 Å². The van der Waals surface area contributed by atoms with Crippen LogP contribution in [0.2, 0.25) is 0 Å². The van der Waals surface area contributed by atoms with Gasteiger partial charge in [-0.15, -0.1) is 0 Å². The number of hydrogen-bond donors (Lipinski definition) is 1. The Balaban J connectivity index is 2.01. The van der Waals surface area contributed by atoms with Crippen molar-refractivity contribution in [2.45, 2.75) is 12.6 Å². The number of carbonyl (C=O) groups is 2. The SMILES string of the molecule is O=C(c1ccccc1)[C@@H](C(=O)N(CCO)Cc1ccccc1)n1ccccc1=O. The van der Waals surface area contributed by atoms with Gasteiger partial charge in [0.05, 0.1) is 6.61 Å². The molecular formula is C23H22N2O4. The molecule has 1 amide bonds. The van der Waals surface area contributed by atoms with Gasteiger partial charge in [0, 0.05) is 30.9 Å². The van der Waals surface area contributed by atoms with Crippen LogP contribution in [0.4, 0.5) is 0 Å². The summed E-state index contributed by atoms with van der Waals surface area (Å²) in [6.45, 7) is 0.0166. The summed E-state index contributed by atoms with van der Waals surface area (Å²) < 4.78 is 1.15. The first-order valence-corrected chi connectivity index (χ1v) is 9.32. The second kappa shape index (κ2) is 9.61. The summed E-state index contributed by atoms with van der Waals surface area (Å²) in [5.74, 6) is -1.01. The van der Waals surface area contributed by atoms with Crippen LogP contribution in [0.3, 0.4) is 0 Å². The Kier molecular flexibility index (Phi) is 6.71. The minimum Gasteiger partial charge on any atom is -0.395 e. The third-order valence-electron chi connectivity index (χ3n) is 4.57. The van der Waals surface area contributed by atoms with Crippen molar-refractivity contribution in [2.24, 2.45) is 0 Å². The van der Waals surface area contributed by atoms with E-state index < -0.39 is 23.3 Å². The van der Waals surface area contributed by atoms with Crippen molar-refractivity contribution in [3.05, 3.63) is 107 Å². The minimum atomic E-state index is -1.35. The molecule has 6 heteroatoms. The van der Waals surface area contributed by atoms with Gasteiger partial charge in [0.15, 0.2) is 11.8 Å². The predicted octanol–water partition coefficient (Wildman–Crippen LogP) is 2.29. The quantitative estimate of drug-likeness (QED) is 0.473. The Labute approximate surface area is 168 Å². The second-order valence-electron chi connectivity index (χ2n) is 6.55. The molecule has 0 aliphatic carbocycles. The number of carbonyl (C=O) groups excluding carboxylic acids is 2. The number of hydrogen-bond acceptors (Lipinski definition) is 4. The van der Waals surface area contributed by atoms with E-state index in [9.17, 15) is 19.5 Å². The van der Waals surface area contributed by atoms with E-state index in [2.05, 4.69) is 0 Å². The van der Waals surface area contributed by atoms with E-state index in [1.807, 2.05) is 30.3 Å². The standard InChI is InChI=1S/C23H22N2O4/c26-16-15-24(17-18-9-3-1-4-10-18)23(29)21(25-14-8-7-13-20(25)27)22(28)19-11-5-2-6-12-19/h1-14,21,26H,15-17H2/t21-/m0/s1. The highest BCUT2D eigenvalue weighted by Gasteiger charge is 2.33. The molecule has 2 aromatic carbocycles. The number of benzene rings is 2. The van der Waals surface area contributed by atoms with Crippen LogP contribution in [0.5, 0.6) is 0 Å². The van der Waals surface area contributed by atoms with E-state index in [0.29, 0.717) is 5.56 Å². The Bertz CT molecular complexity index is 1020.